The molecule has 0 radical (unpaired) electrons. The number of nitrogens with zero attached hydrogens (tertiary/aromatic N) is 6. The Morgan fingerprint density at radius 1 is 1.12 bits per heavy atom. The molecule has 0 spiro atoms. The summed E-state index contributed by atoms with van der Waals surface area (Å²) >= 11 is -0.103. The first-order valence-corrected chi connectivity index (χ1v) is 16.4. The number of piperazine rings is 1. The van der Waals surface area contributed by atoms with Crippen LogP contribution in [0.4, 0.5) is 29.2 Å². The molecule has 3 aromatic rings. The summed E-state index contributed by atoms with van der Waals surface area (Å²) in [5.74, 6) is -0.713. The van der Waals surface area contributed by atoms with Crippen molar-refractivity contribution in [1.82, 2.24) is 28.4 Å². The summed E-state index contributed by atoms with van der Waals surface area (Å²) in [5, 5.41) is 3.88. The summed E-state index contributed by atoms with van der Waals surface area (Å²) < 4.78 is 66.8. The fourth-order valence-electron chi connectivity index (χ4n) is 6.05. The van der Waals surface area contributed by atoms with E-state index in [1.165, 1.54) is 13.1 Å². The number of anilines is 2. The van der Waals surface area contributed by atoms with Crippen LogP contribution < -0.4 is 42.2 Å². The Labute approximate surface area is 239 Å². The SMILES string of the molecule is C[I-]N1CCC[C@H]1COc1nc(N2CC3CCC(C2)N3)c2cnc(-c3nc(N)cc(C)c3C(F)(F)F)c(F)c2n1. The predicted octanol–water partition coefficient (Wildman–Crippen LogP) is 0.553. The Kier molecular flexibility index (Phi) is 7.36. The molecule has 3 atom stereocenters. The number of nitrogens with one attached hydrogen (secondary N) is 1. The first-order chi connectivity index (χ1) is 19.1. The van der Waals surface area contributed by atoms with Gasteiger partial charge in [0.15, 0.2) is 0 Å². The van der Waals surface area contributed by atoms with Crippen LogP contribution in [0.2, 0.25) is 0 Å². The van der Waals surface area contributed by atoms with Crippen molar-refractivity contribution in [2.24, 2.45) is 0 Å². The van der Waals surface area contributed by atoms with Crippen LogP contribution in [-0.4, -0.2) is 72.3 Å². The van der Waals surface area contributed by atoms with E-state index in [0.29, 0.717) is 30.9 Å². The topological polar surface area (TPSA) is 105 Å². The molecule has 3 fully saturated rings. The molecule has 0 aliphatic carbocycles. The van der Waals surface area contributed by atoms with Crippen LogP contribution in [0.3, 0.4) is 0 Å². The number of hydrogen-bond donors (Lipinski definition) is 2. The maximum absolute atomic E-state index is 16.2. The van der Waals surface area contributed by atoms with Crippen molar-refractivity contribution >= 4 is 22.5 Å². The van der Waals surface area contributed by atoms with Gasteiger partial charge in [0.05, 0.1) is 0 Å². The number of nitrogen functional groups attached to an aromatic ring is 1. The van der Waals surface area contributed by atoms with Crippen molar-refractivity contribution in [3.63, 3.8) is 0 Å². The summed E-state index contributed by atoms with van der Waals surface area (Å²) in [6.45, 7) is 3.98. The molecule has 6 rings (SSSR count). The number of ether oxygens (including phenoxy) is 1. The number of hydrogen-bond acceptors (Lipinski definition) is 9. The number of rotatable bonds is 6. The van der Waals surface area contributed by atoms with E-state index in [1.54, 1.807) is 0 Å². The second kappa shape index (κ2) is 10.7. The molecule has 2 bridgehead atoms. The quantitative estimate of drug-likeness (QED) is 0.168. The van der Waals surface area contributed by atoms with E-state index in [-0.39, 0.29) is 62.5 Å². The zero-order valence-electron chi connectivity index (χ0n) is 22.1. The predicted molar refractivity (Wildman–Crippen MR) is 138 cm³/mol. The van der Waals surface area contributed by atoms with Gasteiger partial charge in [-0.05, 0) is 13.0 Å². The zero-order valence-corrected chi connectivity index (χ0v) is 24.3. The van der Waals surface area contributed by atoms with Gasteiger partial charge in [0.2, 0.25) is 0 Å². The normalized spacial score (nSPS) is 23.4. The van der Waals surface area contributed by atoms with Crippen LogP contribution in [0.15, 0.2) is 12.3 Å². The Bertz CT molecular complexity index is 1430. The van der Waals surface area contributed by atoms with Crippen LogP contribution in [0.5, 0.6) is 6.01 Å². The molecule has 216 valence electrons. The van der Waals surface area contributed by atoms with E-state index in [0.717, 1.165) is 38.3 Å². The van der Waals surface area contributed by atoms with Gasteiger partial charge in [-0.2, -0.15) is 13.2 Å². The molecule has 3 aromatic heterocycles. The van der Waals surface area contributed by atoms with Crippen molar-refractivity contribution in [2.45, 2.75) is 56.9 Å². The molecule has 3 N–H and O–H groups in total. The second-order valence-electron chi connectivity index (χ2n) is 10.5. The van der Waals surface area contributed by atoms with E-state index >= 15 is 4.39 Å². The summed E-state index contributed by atoms with van der Waals surface area (Å²) in [6.07, 6.45) is 0.691. The zero-order chi connectivity index (χ0) is 28.2. The van der Waals surface area contributed by atoms with Gasteiger partial charge in [0.25, 0.3) is 0 Å². The van der Waals surface area contributed by atoms with Gasteiger partial charge >= 0.3 is 208 Å². The second-order valence-corrected chi connectivity index (χ2v) is 12.7. The number of alkyl halides is 4. The van der Waals surface area contributed by atoms with Gasteiger partial charge in [0, 0.05) is 0 Å². The average Bonchev–Trinajstić information content (AvgIpc) is 3.50. The van der Waals surface area contributed by atoms with Crippen LogP contribution >= 0.6 is 0 Å². The van der Waals surface area contributed by atoms with E-state index in [2.05, 4.69) is 33.2 Å². The number of aryl methyl sites for hydroxylation is 1. The van der Waals surface area contributed by atoms with Gasteiger partial charge in [-0.15, -0.1) is 0 Å². The molecule has 9 nitrogen and oxygen atoms in total. The Hall–Kier alpha value is -2.59. The van der Waals surface area contributed by atoms with Crippen molar-refractivity contribution in [2.75, 3.05) is 41.8 Å². The van der Waals surface area contributed by atoms with E-state index in [1.807, 2.05) is 0 Å². The maximum atomic E-state index is 16.2. The monoisotopic (exact) mass is 673 g/mol. The fourth-order valence-corrected chi connectivity index (χ4v) is 8.10. The van der Waals surface area contributed by atoms with Crippen molar-refractivity contribution < 1.29 is 43.8 Å². The van der Waals surface area contributed by atoms with Gasteiger partial charge in [-0.1, -0.05) is 0 Å². The van der Waals surface area contributed by atoms with Crippen LogP contribution in [0, 0.1) is 12.7 Å². The average molecular weight is 673 g/mol. The Balaban J connectivity index is 1.47. The Morgan fingerprint density at radius 2 is 1.88 bits per heavy atom. The van der Waals surface area contributed by atoms with Crippen molar-refractivity contribution in [3.05, 3.63) is 29.2 Å². The molecular formula is C26H30F4IN8O-. The van der Waals surface area contributed by atoms with Crippen molar-refractivity contribution in [1.29, 1.82) is 0 Å². The number of halogens is 5. The van der Waals surface area contributed by atoms with Crippen LogP contribution in [-0.2, 0) is 6.18 Å². The van der Waals surface area contributed by atoms with Crippen LogP contribution in [0.25, 0.3) is 22.3 Å². The summed E-state index contributed by atoms with van der Waals surface area (Å²) in [5.41, 5.74) is 3.15. The molecule has 2 unspecified atom stereocenters. The molecule has 0 saturated carbocycles. The molecule has 40 heavy (non-hydrogen) atoms. The van der Waals surface area contributed by atoms with Gasteiger partial charge in [0.1, 0.15) is 0 Å². The third-order valence-corrected chi connectivity index (χ3v) is 10.3. The first kappa shape index (κ1) is 27.6. The Morgan fingerprint density at radius 3 is 2.58 bits per heavy atom. The van der Waals surface area contributed by atoms with Crippen LogP contribution in [0.1, 0.15) is 36.8 Å². The molecule has 14 heteroatoms. The third kappa shape index (κ3) is 5.13. The van der Waals surface area contributed by atoms with Gasteiger partial charge in [-0.25, -0.2) is 0 Å². The standard InChI is InChI=1S/C26H30F4IN8O/c1-13-8-18(32)35-22(19(13)26(28,29)30)23-20(27)21-17(9-33-23)24(38-10-14-5-6-15(11-38)34-14)37-25(36-21)40-12-16-4-3-7-39(16)31-2/h8-9,14-16,34H,3-7,10-12H2,1-2H3,(H2,32,35)/q-1/t14?,15?,16-/m0/s1. The van der Waals surface area contributed by atoms with Gasteiger partial charge < -0.3 is 5.73 Å². The number of nitrogens with two attached hydrogens (primary N) is 1. The first-order valence-electron chi connectivity index (χ1n) is 13.2. The van der Waals surface area contributed by atoms with E-state index in [4.69, 9.17) is 15.5 Å². The van der Waals surface area contributed by atoms with E-state index in [9.17, 15) is 13.2 Å². The molecular weight excluding hydrogens is 643 g/mol. The number of fused-ring (bicyclic) bond motifs is 3. The molecule has 3 aliphatic heterocycles. The summed E-state index contributed by atoms with van der Waals surface area (Å²) in [7, 11) is 0. The third-order valence-electron chi connectivity index (χ3n) is 7.83. The molecule has 3 aliphatic rings. The molecule has 0 amide bonds. The summed E-state index contributed by atoms with van der Waals surface area (Å²) in [4.78, 5) is 21.4. The molecule has 3 saturated heterocycles. The van der Waals surface area contributed by atoms with E-state index < -0.39 is 28.9 Å². The number of pyridine rings is 2. The molecule has 6 heterocycles. The van der Waals surface area contributed by atoms with Gasteiger partial charge in [-0.3, -0.25) is 0 Å². The fraction of sp³-hybridized carbons (Fsp3) is 0.538. The van der Waals surface area contributed by atoms with Crippen molar-refractivity contribution in [3.8, 4) is 17.4 Å². The molecule has 0 aromatic carbocycles. The minimum absolute atomic E-state index is 0.00153. The summed E-state index contributed by atoms with van der Waals surface area (Å²) in [6, 6.07) is 1.90. The minimum atomic E-state index is -4.79. The number of aromatic nitrogens is 4.